The molecule has 2 bridgehead atoms. The van der Waals surface area contributed by atoms with Gasteiger partial charge in [0.1, 0.15) is 0 Å². The fraction of sp³-hybridized carbons (Fsp3) is 0.364. The van der Waals surface area contributed by atoms with E-state index in [2.05, 4.69) is 29.2 Å². The molecular weight excluding hydrogens is 474 g/mol. The number of carbonyl (C=O) groups is 1. The van der Waals surface area contributed by atoms with Gasteiger partial charge in [-0.25, -0.2) is 0 Å². The number of aromatic hydroxyl groups is 1. The number of aliphatic hydroxyl groups is 1. The maximum Gasteiger partial charge on any atom is 0.200 e. The Morgan fingerprint density at radius 3 is 2.53 bits per heavy atom. The summed E-state index contributed by atoms with van der Waals surface area (Å²) in [6, 6.07) is 22.0. The first-order valence-corrected chi connectivity index (χ1v) is 13.9. The molecule has 0 amide bonds. The van der Waals surface area contributed by atoms with E-state index in [1.807, 2.05) is 42.5 Å². The van der Waals surface area contributed by atoms with Crippen LogP contribution in [0.15, 0.2) is 72.3 Å². The predicted octanol–water partition coefficient (Wildman–Crippen LogP) is 4.89. The largest absolute Gasteiger partial charge is 0.504 e. The zero-order valence-corrected chi connectivity index (χ0v) is 21.3. The Morgan fingerprint density at radius 2 is 1.76 bits per heavy atom. The fourth-order valence-electron chi connectivity index (χ4n) is 7.91. The van der Waals surface area contributed by atoms with E-state index in [-0.39, 0.29) is 17.6 Å². The van der Waals surface area contributed by atoms with E-state index in [0.717, 1.165) is 40.9 Å². The van der Waals surface area contributed by atoms with Crippen molar-refractivity contribution in [2.24, 2.45) is 5.92 Å². The van der Waals surface area contributed by atoms with E-state index >= 15 is 0 Å². The molecular formula is C33H31NO4. The van der Waals surface area contributed by atoms with Crippen LogP contribution in [0.3, 0.4) is 0 Å². The van der Waals surface area contributed by atoms with Gasteiger partial charge >= 0.3 is 0 Å². The molecule has 2 saturated carbocycles. The number of hydrogen-bond acceptors (Lipinski definition) is 5. The van der Waals surface area contributed by atoms with Crippen molar-refractivity contribution >= 4 is 11.9 Å². The molecule has 1 saturated heterocycles. The molecule has 3 aromatic carbocycles. The number of phenols is 1. The van der Waals surface area contributed by atoms with E-state index in [9.17, 15) is 15.0 Å². The van der Waals surface area contributed by atoms with Crippen LogP contribution in [0.25, 0.3) is 17.2 Å². The number of ketones is 1. The zero-order valence-electron chi connectivity index (χ0n) is 21.3. The van der Waals surface area contributed by atoms with Crippen molar-refractivity contribution in [3.8, 4) is 22.6 Å². The second kappa shape index (κ2) is 7.81. The molecule has 0 unspecified atom stereocenters. The van der Waals surface area contributed by atoms with Crippen molar-refractivity contribution in [2.75, 3.05) is 13.1 Å². The van der Waals surface area contributed by atoms with Crippen LogP contribution in [0.4, 0.5) is 0 Å². The highest BCUT2D eigenvalue weighted by molar-refractivity contribution is 6.06. The Kier molecular flexibility index (Phi) is 4.64. The lowest BCUT2D eigenvalue weighted by atomic mass is 9.48. The second-order valence-electron chi connectivity index (χ2n) is 11.9. The molecule has 5 aliphatic rings. The first-order chi connectivity index (χ1) is 18.5. The highest BCUT2D eigenvalue weighted by atomic mass is 16.5. The van der Waals surface area contributed by atoms with Gasteiger partial charge in [0.2, 0.25) is 0 Å². The number of rotatable bonds is 4. The smallest absolute Gasteiger partial charge is 0.200 e. The molecule has 3 fully saturated rings. The predicted molar refractivity (Wildman–Crippen MR) is 145 cm³/mol. The summed E-state index contributed by atoms with van der Waals surface area (Å²) in [6.45, 7) is 1.84. The third-order valence-electron chi connectivity index (χ3n) is 9.89. The lowest BCUT2D eigenvalue weighted by Crippen LogP contribution is -2.77. The maximum absolute atomic E-state index is 14.1. The number of hydrogen-bond donors (Lipinski definition) is 2. The average Bonchev–Trinajstić information content (AvgIpc) is 3.67. The van der Waals surface area contributed by atoms with Gasteiger partial charge in [-0.05, 0) is 72.5 Å². The lowest BCUT2D eigenvalue weighted by molar-refractivity contribution is -0.179. The number of phenolic OH excluding ortho intramolecular Hbond substituents is 1. The second-order valence-corrected chi connectivity index (χ2v) is 11.9. The minimum atomic E-state index is -1.14. The summed E-state index contributed by atoms with van der Waals surface area (Å²) in [6.07, 6.45) is 5.30. The normalized spacial score (nSPS) is 32.2. The van der Waals surface area contributed by atoms with Crippen molar-refractivity contribution in [1.82, 2.24) is 4.90 Å². The molecule has 4 atom stereocenters. The number of benzene rings is 3. The van der Waals surface area contributed by atoms with Crippen LogP contribution in [0.1, 0.15) is 42.4 Å². The quantitative estimate of drug-likeness (QED) is 0.495. The molecule has 3 aromatic rings. The summed E-state index contributed by atoms with van der Waals surface area (Å²) in [7, 11) is 0. The molecule has 1 spiro atoms. The van der Waals surface area contributed by atoms with Crippen LogP contribution in [0, 0.1) is 5.92 Å². The summed E-state index contributed by atoms with van der Waals surface area (Å²) in [4.78, 5) is 16.5. The topological polar surface area (TPSA) is 70.0 Å². The lowest BCUT2D eigenvalue weighted by Gasteiger charge is -2.62. The van der Waals surface area contributed by atoms with Crippen molar-refractivity contribution in [2.45, 2.75) is 55.3 Å². The Hall–Kier alpha value is -3.41. The minimum Gasteiger partial charge on any atom is -0.504 e. The summed E-state index contributed by atoms with van der Waals surface area (Å²) in [5.41, 5.74) is 3.84. The fourth-order valence-corrected chi connectivity index (χ4v) is 7.91. The molecule has 3 aliphatic carbocycles. The molecule has 5 nitrogen and oxygen atoms in total. The monoisotopic (exact) mass is 505 g/mol. The first kappa shape index (κ1) is 22.6. The van der Waals surface area contributed by atoms with Crippen LogP contribution in [0.5, 0.6) is 11.5 Å². The number of Topliss-reactive ketones (excluding diaryl/α,β-unsaturated/α-hetero) is 1. The van der Waals surface area contributed by atoms with Gasteiger partial charge in [0.15, 0.2) is 23.4 Å². The van der Waals surface area contributed by atoms with Gasteiger partial charge in [-0.15, -0.1) is 0 Å². The molecule has 2 N–H and O–H groups in total. The van der Waals surface area contributed by atoms with Crippen molar-refractivity contribution < 1.29 is 19.7 Å². The first-order valence-electron chi connectivity index (χ1n) is 13.9. The molecule has 0 aromatic heterocycles. The zero-order chi connectivity index (χ0) is 25.6. The van der Waals surface area contributed by atoms with E-state index < -0.39 is 17.1 Å². The van der Waals surface area contributed by atoms with Crippen LogP contribution >= 0.6 is 0 Å². The van der Waals surface area contributed by atoms with Crippen LogP contribution in [-0.2, 0) is 16.6 Å². The molecule has 8 rings (SSSR count). The summed E-state index contributed by atoms with van der Waals surface area (Å²) < 4.78 is 6.34. The van der Waals surface area contributed by atoms with Gasteiger partial charge in [-0.2, -0.15) is 0 Å². The number of likely N-dealkylation sites (tertiary alicyclic amines) is 1. The van der Waals surface area contributed by atoms with Gasteiger partial charge < -0.3 is 14.9 Å². The summed E-state index contributed by atoms with van der Waals surface area (Å²) in [5.74, 6) is 1.11. The van der Waals surface area contributed by atoms with Crippen LogP contribution in [0.2, 0.25) is 0 Å². The molecule has 0 radical (unpaired) electrons. The van der Waals surface area contributed by atoms with E-state index in [4.69, 9.17) is 4.74 Å². The van der Waals surface area contributed by atoms with E-state index in [1.54, 1.807) is 6.07 Å². The third kappa shape index (κ3) is 2.97. The van der Waals surface area contributed by atoms with Crippen molar-refractivity contribution in [3.63, 3.8) is 0 Å². The Labute approximate surface area is 222 Å². The number of nitrogens with zero attached hydrogens (tertiary/aromatic N) is 1. The molecule has 5 heteroatoms. The van der Waals surface area contributed by atoms with Gasteiger partial charge in [0.25, 0.3) is 0 Å². The molecule has 192 valence electrons. The number of ether oxygens (including phenoxy) is 1. The summed E-state index contributed by atoms with van der Waals surface area (Å²) in [5, 5.41) is 23.5. The Balaban J connectivity index is 1.22. The molecule has 2 heterocycles. The standard InChI is InChI=1S/C33H31NO4/c35-26-13-12-24-17-27-33(37)18-25(16-20-8-10-23(11-9-20)22-4-2-1-3-5-22)29(36)31-32(33,28(24)30(26)38-31)14-15-34(27)19-21-6-7-21/h1-5,8-13,16,21,27,31,35,37H,6-7,14-15,17-19H2/b25-16-/t27-,31+,32+,33-/m1/s1. The van der Waals surface area contributed by atoms with Crippen molar-refractivity contribution in [1.29, 1.82) is 0 Å². The van der Waals surface area contributed by atoms with Crippen molar-refractivity contribution in [3.05, 3.63) is 89.0 Å². The van der Waals surface area contributed by atoms with E-state index in [0.29, 0.717) is 36.5 Å². The third-order valence-corrected chi connectivity index (χ3v) is 9.89. The number of carbonyl (C=O) groups excluding carboxylic acids is 1. The minimum absolute atomic E-state index is 0.0589. The van der Waals surface area contributed by atoms with Crippen LogP contribution in [-0.4, -0.2) is 51.7 Å². The van der Waals surface area contributed by atoms with Gasteiger partial charge in [0.05, 0.1) is 11.0 Å². The Morgan fingerprint density at radius 1 is 1.00 bits per heavy atom. The average molecular weight is 506 g/mol. The molecule has 2 aliphatic heterocycles. The molecule has 38 heavy (non-hydrogen) atoms. The highest BCUT2D eigenvalue weighted by Crippen LogP contribution is 2.65. The van der Waals surface area contributed by atoms with Gasteiger partial charge in [-0.3, -0.25) is 9.69 Å². The SMILES string of the molecule is O=C1/C(=C\c2ccc(-c3ccccc3)cc2)C[C@@]2(O)[C@H]3Cc4ccc(O)c5c4[C@@]2(CCN3CC2CC2)[C@H]1O5. The van der Waals surface area contributed by atoms with Gasteiger partial charge in [-0.1, -0.05) is 60.7 Å². The Bertz CT molecular complexity index is 1490. The van der Waals surface area contributed by atoms with E-state index in [1.165, 1.54) is 12.8 Å². The number of piperidine rings is 1. The van der Waals surface area contributed by atoms with Gasteiger partial charge in [0, 0.05) is 30.1 Å². The summed E-state index contributed by atoms with van der Waals surface area (Å²) >= 11 is 0. The van der Waals surface area contributed by atoms with Crippen LogP contribution < -0.4 is 4.74 Å². The highest BCUT2D eigenvalue weighted by Gasteiger charge is 2.74. The maximum atomic E-state index is 14.1.